The second-order valence-corrected chi connectivity index (χ2v) is 7.19. The Labute approximate surface area is 181 Å². The first-order chi connectivity index (χ1) is 15.4. The van der Waals surface area contributed by atoms with Crippen LogP contribution >= 0.6 is 0 Å². The summed E-state index contributed by atoms with van der Waals surface area (Å²) in [4.78, 5) is 26.7. The molecule has 3 aromatic carbocycles. The number of carbonyl (C=O) groups is 2. The molecular formula is C24H18F2N2O4. The van der Waals surface area contributed by atoms with Crippen LogP contribution in [0, 0.1) is 11.6 Å². The van der Waals surface area contributed by atoms with E-state index in [2.05, 4.69) is 10.6 Å². The van der Waals surface area contributed by atoms with E-state index in [1.807, 2.05) is 0 Å². The van der Waals surface area contributed by atoms with E-state index in [0.717, 1.165) is 12.1 Å². The lowest BCUT2D eigenvalue weighted by Gasteiger charge is -2.13. The zero-order chi connectivity index (χ0) is 22.8. The highest BCUT2D eigenvalue weighted by Gasteiger charge is 2.30. The van der Waals surface area contributed by atoms with Crippen molar-refractivity contribution in [2.45, 2.75) is 6.10 Å². The molecule has 1 heterocycles. The van der Waals surface area contributed by atoms with Gasteiger partial charge in [0.25, 0.3) is 0 Å². The minimum Gasteiger partial charge on any atom is -0.393 e. The number of fused-ring (bicyclic) bond motifs is 1. The Morgan fingerprint density at radius 3 is 2.00 bits per heavy atom. The number of anilines is 2. The monoisotopic (exact) mass is 436 g/mol. The SMILES string of the molecule is O=C(C(C(=O)c1cccc([C@H](O)CO)c1)=C1Nc2ccccc2N1)c1cc(F)cc(F)c1. The third-order valence-electron chi connectivity index (χ3n) is 4.98. The third-order valence-corrected chi connectivity index (χ3v) is 4.98. The van der Waals surface area contributed by atoms with Crippen LogP contribution in [0.15, 0.2) is 78.1 Å². The number of nitrogens with one attached hydrogen (secondary N) is 2. The number of hydrogen-bond donors (Lipinski definition) is 4. The molecule has 4 N–H and O–H groups in total. The number of allylic oxidation sites excluding steroid dienone is 1. The molecule has 6 nitrogen and oxygen atoms in total. The Kier molecular flexibility index (Phi) is 5.81. The fourth-order valence-corrected chi connectivity index (χ4v) is 3.42. The molecule has 1 atom stereocenters. The summed E-state index contributed by atoms with van der Waals surface area (Å²) in [6.07, 6.45) is -1.21. The van der Waals surface area contributed by atoms with Crippen molar-refractivity contribution < 1.29 is 28.6 Å². The molecule has 3 aromatic rings. The molecule has 0 unspecified atom stereocenters. The molecule has 0 saturated heterocycles. The molecule has 1 aliphatic heterocycles. The second-order valence-electron chi connectivity index (χ2n) is 7.19. The van der Waals surface area contributed by atoms with Gasteiger partial charge in [0, 0.05) is 17.2 Å². The summed E-state index contributed by atoms with van der Waals surface area (Å²) in [6.45, 7) is -0.550. The summed E-state index contributed by atoms with van der Waals surface area (Å²) in [5.74, 6) is -3.44. The van der Waals surface area contributed by atoms with Crippen molar-refractivity contribution in [2.24, 2.45) is 0 Å². The van der Waals surface area contributed by atoms with Crippen LogP contribution in [0.5, 0.6) is 0 Å². The van der Waals surface area contributed by atoms with Crippen LogP contribution in [0.3, 0.4) is 0 Å². The van der Waals surface area contributed by atoms with E-state index in [9.17, 15) is 28.6 Å². The summed E-state index contributed by atoms with van der Waals surface area (Å²) in [5, 5.41) is 25.0. The predicted molar refractivity (Wildman–Crippen MR) is 114 cm³/mol. The Morgan fingerprint density at radius 1 is 0.812 bits per heavy atom. The number of Topliss-reactive ketones (excluding diaryl/α,β-unsaturated/α-hetero) is 2. The summed E-state index contributed by atoms with van der Waals surface area (Å²) >= 11 is 0. The number of aliphatic hydroxyl groups excluding tert-OH is 2. The van der Waals surface area contributed by atoms with E-state index in [0.29, 0.717) is 17.4 Å². The highest BCUT2D eigenvalue weighted by Crippen LogP contribution is 2.33. The van der Waals surface area contributed by atoms with Gasteiger partial charge in [0.2, 0.25) is 11.6 Å². The third kappa shape index (κ3) is 4.14. The summed E-state index contributed by atoms with van der Waals surface area (Å²) in [6, 6.07) is 15.2. The molecule has 0 bridgehead atoms. The van der Waals surface area contributed by atoms with Crippen LogP contribution in [0.1, 0.15) is 32.4 Å². The van der Waals surface area contributed by atoms with Crippen molar-refractivity contribution in [1.29, 1.82) is 0 Å². The average Bonchev–Trinajstić information content (AvgIpc) is 3.21. The highest BCUT2D eigenvalue weighted by atomic mass is 19.1. The van der Waals surface area contributed by atoms with Crippen LogP contribution in [0.4, 0.5) is 20.2 Å². The molecule has 0 saturated carbocycles. The van der Waals surface area contributed by atoms with Crippen LogP contribution in [-0.4, -0.2) is 28.4 Å². The van der Waals surface area contributed by atoms with Crippen LogP contribution < -0.4 is 10.6 Å². The van der Waals surface area contributed by atoms with Crippen molar-refractivity contribution in [3.05, 3.63) is 106 Å². The fourth-order valence-electron chi connectivity index (χ4n) is 3.42. The van der Waals surface area contributed by atoms with E-state index >= 15 is 0 Å². The molecular weight excluding hydrogens is 418 g/mol. The Morgan fingerprint density at radius 2 is 1.41 bits per heavy atom. The minimum absolute atomic E-state index is 0.0577. The number of ketones is 2. The zero-order valence-electron chi connectivity index (χ0n) is 16.6. The van der Waals surface area contributed by atoms with Crippen LogP contribution in [-0.2, 0) is 0 Å². The minimum atomic E-state index is -1.21. The van der Waals surface area contributed by atoms with E-state index in [1.165, 1.54) is 24.3 Å². The molecule has 0 aliphatic carbocycles. The number of benzene rings is 3. The normalized spacial score (nSPS) is 13.1. The molecule has 32 heavy (non-hydrogen) atoms. The van der Waals surface area contributed by atoms with Gasteiger partial charge in [0.05, 0.1) is 18.0 Å². The second kappa shape index (κ2) is 8.70. The van der Waals surface area contributed by atoms with Crippen molar-refractivity contribution in [1.82, 2.24) is 0 Å². The first-order valence-electron chi connectivity index (χ1n) is 9.69. The zero-order valence-corrected chi connectivity index (χ0v) is 16.6. The van der Waals surface area contributed by atoms with Crippen LogP contribution in [0.25, 0.3) is 0 Å². The number of halogens is 2. The molecule has 4 rings (SSSR count). The van der Waals surface area contributed by atoms with Gasteiger partial charge >= 0.3 is 0 Å². The molecule has 0 radical (unpaired) electrons. The van der Waals surface area contributed by atoms with E-state index in [4.69, 9.17) is 0 Å². The summed E-state index contributed by atoms with van der Waals surface area (Å²) in [7, 11) is 0. The number of carbonyl (C=O) groups excluding carboxylic acids is 2. The Balaban J connectivity index is 1.83. The van der Waals surface area contributed by atoms with E-state index in [1.54, 1.807) is 24.3 Å². The maximum atomic E-state index is 13.8. The molecule has 0 spiro atoms. The lowest BCUT2D eigenvalue weighted by molar-refractivity contribution is 0.0945. The Hall–Kier alpha value is -3.88. The first kappa shape index (κ1) is 21.4. The molecule has 162 valence electrons. The average molecular weight is 436 g/mol. The Bertz CT molecular complexity index is 1210. The molecule has 0 fully saturated rings. The smallest absolute Gasteiger partial charge is 0.200 e. The number of aliphatic hydroxyl groups is 2. The van der Waals surface area contributed by atoms with E-state index in [-0.39, 0.29) is 28.1 Å². The fraction of sp³-hybridized carbons (Fsp3) is 0.0833. The van der Waals surface area contributed by atoms with Gasteiger partial charge < -0.3 is 20.8 Å². The lowest BCUT2D eigenvalue weighted by Crippen LogP contribution is -2.21. The van der Waals surface area contributed by atoms with Gasteiger partial charge in [-0.05, 0) is 35.9 Å². The van der Waals surface area contributed by atoms with Crippen LogP contribution in [0.2, 0.25) is 0 Å². The van der Waals surface area contributed by atoms with E-state index < -0.39 is 35.9 Å². The number of hydrogen-bond acceptors (Lipinski definition) is 6. The van der Waals surface area contributed by atoms with Crippen molar-refractivity contribution >= 4 is 22.9 Å². The predicted octanol–water partition coefficient (Wildman–Crippen LogP) is 3.81. The molecule has 0 aromatic heterocycles. The van der Waals surface area contributed by atoms with Gasteiger partial charge in [0.1, 0.15) is 29.1 Å². The highest BCUT2D eigenvalue weighted by molar-refractivity contribution is 6.32. The van der Waals surface area contributed by atoms with Gasteiger partial charge in [-0.1, -0.05) is 30.3 Å². The van der Waals surface area contributed by atoms with Gasteiger partial charge in [0.15, 0.2) is 0 Å². The quantitative estimate of drug-likeness (QED) is 0.203. The van der Waals surface area contributed by atoms with Crippen molar-refractivity contribution in [3.63, 3.8) is 0 Å². The molecule has 0 amide bonds. The summed E-state index contributed by atoms with van der Waals surface area (Å²) < 4.78 is 27.5. The summed E-state index contributed by atoms with van der Waals surface area (Å²) in [5.41, 5.74) is 0.891. The maximum Gasteiger partial charge on any atom is 0.200 e. The maximum absolute atomic E-state index is 13.8. The standard InChI is InChI=1S/C24H18F2N2O4/c25-16-9-15(10-17(26)11-16)23(32)21(24-27-18-6-1-2-7-19(18)28-24)22(31)14-5-3-4-13(8-14)20(30)12-29/h1-11,20,27-30H,12H2/t20-/m1/s1. The van der Waals surface area contributed by atoms with Gasteiger partial charge in [-0.3, -0.25) is 9.59 Å². The number of para-hydroxylation sites is 2. The molecule has 1 aliphatic rings. The van der Waals surface area contributed by atoms with Crippen molar-refractivity contribution in [2.75, 3.05) is 17.2 Å². The van der Waals surface area contributed by atoms with Crippen molar-refractivity contribution in [3.8, 4) is 0 Å². The largest absolute Gasteiger partial charge is 0.393 e. The number of rotatable bonds is 6. The van der Waals surface area contributed by atoms with Gasteiger partial charge in [-0.2, -0.15) is 0 Å². The van der Waals surface area contributed by atoms with Gasteiger partial charge in [-0.25, -0.2) is 8.78 Å². The molecule has 8 heteroatoms. The topological polar surface area (TPSA) is 98.7 Å². The lowest BCUT2D eigenvalue weighted by atomic mass is 9.94. The first-order valence-corrected chi connectivity index (χ1v) is 9.69. The van der Waals surface area contributed by atoms with Gasteiger partial charge in [-0.15, -0.1) is 0 Å².